The molecule has 1 unspecified atom stereocenters. The number of allylic oxidation sites excluding steroid dienone is 3. The van der Waals surface area contributed by atoms with Crippen LogP contribution in [0.3, 0.4) is 0 Å². The van der Waals surface area contributed by atoms with Crippen LogP contribution < -0.4 is 4.74 Å². The van der Waals surface area contributed by atoms with Crippen molar-refractivity contribution in [1.82, 2.24) is 0 Å². The van der Waals surface area contributed by atoms with Gasteiger partial charge in [0.1, 0.15) is 6.61 Å². The minimum atomic E-state index is -0.438. The average Bonchev–Trinajstić information content (AvgIpc) is 2.83. The molecular weight excluding hydrogens is 419 g/mol. The largest absolute Gasteiger partial charge is 0.486 e. The van der Waals surface area contributed by atoms with Gasteiger partial charge < -0.3 is 4.74 Å². The molecule has 1 aromatic carbocycles. The van der Waals surface area contributed by atoms with Gasteiger partial charge in [-0.3, -0.25) is 0 Å². The van der Waals surface area contributed by atoms with Gasteiger partial charge in [-0.25, -0.2) is 4.39 Å². The van der Waals surface area contributed by atoms with Crippen molar-refractivity contribution >= 4 is 17.2 Å². The molecule has 0 amide bonds. The van der Waals surface area contributed by atoms with E-state index in [9.17, 15) is 4.39 Å². The Labute approximate surface area is 199 Å². The van der Waals surface area contributed by atoms with Crippen LogP contribution in [-0.2, 0) is 0 Å². The van der Waals surface area contributed by atoms with Gasteiger partial charge in [0.05, 0.1) is 5.02 Å². The molecule has 32 heavy (non-hydrogen) atoms. The van der Waals surface area contributed by atoms with Crippen molar-refractivity contribution in [2.45, 2.75) is 84.5 Å². The second-order valence-corrected chi connectivity index (χ2v) is 11.0. The fourth-order valence-corrected chi connectivity index (χ4v) is 6.78. The molecule has 1 nitrogen and oxygen atoms in total. The number of rotatable bonds is 6. The number of hydrogen-bond donors (Lipinski definition) is 0. The van der Waals surface area contributed by atoms with E-state index >= 15 is 0 Å². The van der Waals surface area contributed by atoms with Crippen LogP contribution in [0.2, 0.25) is 5.02 Å². The third-order valence-corrected chi connectivity index (χ3v) is 8.99. The smallest absolute Gasteiger partial charge is 0.184 e. The first-order valence-electron chi connectivity index (χ1n) is 13.0. The van der Waals surface area contributed by atoms with Gasteiger partial charge in [-0.15, -0.1) is 0 Å². The summed E-state index contributed by atoms with van der Waals surface area (Å²) in [5.74, 6) is 4.41. The average molecular weight is 459 g/mol. The van der Waals surface area contributed by atoms with E-state index in [0.29, 0.717) is 6.61 Å². The highest BCUT2D eigenvalue weighted by Crippen LogP contribution is 2.46. The van der Waals surface area contributed by atoms with E-state index in [-0.39, 0.29) is 10.8 Å². The summed E-state index contributed by atoms with van der Waals surface area (Å²) >= 11 is 6.41. The van der Waals surface area contributed by atoms with Crippen LogP contribution in [0.25, 0.3) is 5.57 Å². The molecule has 1 aromatic rings. The van der Waals surface area contributed by atoms with E-state index in [1.807, 2.05) is 25.1 Å². The Balaban J connectivity index is 1.31. The van der Waals surface area contributed by atoms with Crippen molar-refractivity contribution in [2.75, 3.05) is 6.61 Å². The molecule has 1 atom stereocenters. The molecule has 3 aliphatic carbocycles. The van der Waals surface area contributed by atoms with Gasteiger partial charge in [0.15, 0.2) is 11.6 Å². The van der Waals surface area contributed by atoms with E-state index < -0.39 is 5.82 Å². The molecule has 176 valence electrons. The summed E-state index contributed by atoms with van der Waals surface area (Å²) in [5.41, 5.74) is 2.05. The standard InChI is InChI=1S/C29H40ClFO/c1-3-4-19-32-27-18-17-26(28(30)29(27)31)25-15-13-24(14-16-25)23-11-9-22(10-12-23)21-7-5-20(2)6-8-21/h3-4,15,17-18,20-24H,5-14,16,19H2,1-2H3/b4-3+. The maximum atomic E-state index is 14.7. The first-order chi connectivity index (χ1) is 15.6. The highest BCUT2D eigenvalue weighted by atomic mass is 35.5. The molecule has 0 radical (unpaired) electrons. The molecule has 0 heterocycles. The van der Waals surface area contributed by atoms with Crippen molar-refractivity contribution in [2.24, 2.45) is 29.6 Å². The van der Waals surface area contributed by atoms with Crippen molar-refractivity contribution < 1.29 is 9.13 Å². The van der Waals surface area contributed by atoms with E-state index in [2.05, 4.69) is 13.0 Å². The van der Waals surface area contributed by atoms with Gasteiger partial charge in [0.25, 0.3) is 0 Å². The molecule has 3 aliphatic rings. The number of halogens is 2. The third kappa shape index (κ3) is 5.61. The Kier molecular flexibility index (Phi) is 8.38. The molecule has 4 rings (SSSR count). The lowest BCUT2D eigenvalue weighted by atomic mass is 9.66. The summed E-state index contributed by atoms with van der Waals surface area (Å²) in [6, 6.07) is 3.65. The zero-order valence-electron chi connectivity index (χ0n) is 19.9. The lowest BCUT2D eigenvalue weighted by Crippen LogP contribution is -2.28. The minimum Gasteiger partial charge on any atom is -0.486 e. The van der Waals surface area contributed by atoms with Gasteiger partial charge in [-0.05, 0) is 118 Å². The predicted molar refractivity (Wildman–Crippen MR) is 134 cm³/mol. The number of ether oxygens (including phenoxy) is 1. The summed E-state index contributed by atoms with van der Waals surface area (Å²) in [5, 5.41) is 0.204. The summed E-state index contributed by atoms with van der Waals surface area (Å²) in [4.78, 5) is 0. The van der Waals surface area contributed by atoms with E-state index in [1.165, 1.54) is 63.4 Å². The minimum absolute atomic E-state index is 0.204. The van der Waals surface area contributed by atoms with E-state index in [1.54, 1.807) is 6.07 Å². The van der Waals surface area contributed by atoms with Crippen LogP contribution in [0, 0.1) is 35.4 Å². The van der Waals surface area contributed by atoms with Gasteiger partial charge in [-0.2, -0.15) is 0 Å². The zero-order valence-corrected chi connectivity index (χ0v) is 20.7. The molecule has 2 saturated carbocycles. The zero-order chi connectivity index (χ0) is 22.5. The quantitative estimate of drug-likeness (QED) is 0.386. The molecule has 0 bridgehead atoms. The molecule has 0 N–H and O–H groups in total. The van der Waals surface area contributed by atoms with Crippen molar-refractivity contribution in [3.05, 3.63) is 46.8 Å². The van der Waals surface area contributed by atoms with Gasteiger partial charge in [0, 0.05) is 0 Å². The number of benzene rings is 1. The second-order valence-electron chi connectivity index (χ2n) is 10.6. The molecule has 3 heteroatoms. The topological polar surface area (TPSA) is 9.23 Å². The molecule has 0 saturated heterocycles. The van der Waals surface area contributed by atoms with Crippen molar-refractivity contribution in [3.63, 3.8) is 0 Å². The lowest BCUT2D eigenvalue weighted by Gasteiger charge is -2.40. The Morgan fingerprint density at radius 2 is 1.56 bits per heavy atom. The highest BCUT2D eigenvalue weighted by Gasteiger charge is 2.33. The van der Waals surface area contributed by atoms with Crippen LogP contribution in [0.1, 0.15) is 90.0 Å². The predicted octanol–water partition coefficient (Wildman–Crippen LogP) is 9.25. The van der Waals surface area contributed by atoms with E-state index in [4.69, 9.17) is 16.3 Å². The normalized spacial score (nSPS) is 31.5. The Hall–Kier alpha value is -1.28. The second kappa shape index (κ2) is 11.2. The first kappa shape index (κ1) is 23.9. The van der Waals surface area contributed by atoms with Crippen molar-refractivity contribution in [1.29, 1.82) is 0 Å². The maximum Gasteiger partial charge on any atom is 0.184 e. The molecular formula is C29H40ClFO. The lowest BCUT2D eigenvalue weighted by molar-refractivity contribution is 0.125. The molecule has 0 aliphatic heterocycles. The van der Waals surface area contributed by atoms with Crippen LogP contribution in [0.4, 0.5) is 4.39 Å². The Morgan fingerprint density at radius 3 is 2.16 bits per heavy atom. The molecule has 2 fully saturated rings. The van der Waals surface area contributed by atoms with Crippen LogP contribution in [0.5, 0.6) is 5.75 Å². The van der Waals surface area contributed by atoms with Gasteiger partial charge >= 0.3 is 0 Å². The monoisotopic (exact) mass is 458 g/mol. The third-order valence-electron chi connectivity index (χ3n) is 8.63. The fourth-order valence-electron chi connectivity index (χ4n) is 6.50. The molecule has 0 spiro atoms. The SMILES string of the molecule is C/C=C/COc1ccc(C2=CCC(C3CCC(C4CCC(C)CC4)CC3)CC2)c(Cl)c1F. The Bertz CT molecular complexity index is 813. The Morgan fingerprint density at radius 1 is 0.938 bits per heavy atom. The highest BCUT2D eigenvalue weighted by molar-refractivity contribution is 6.32. The van der Waals surface area contributed by atoms with Crippen LogP contribution in [-0.4, -0.2) is 6.61 Å². The van der Waals surface area contributed by atoms with Crippen LogP contribution >= 0.6 is 11.6 Å². The fraction of sp³-hybridized carbons (Fsp3) is 0.655. The summed E-state index contributed by atoms with van der Waals surface area (Å²) < 4.78 is 20.2. The maximum absolute atomic E-state index is 14.7. The summed E-state index contributed by atoms with van der Waals surface area (Å²) in [6.45, 7) is 4.70. The van der Waals surface area contributed by atoms with Gasteiger partial charge in [0.2, 0.25) is 0 Å². The van der Waals surface area contributed by atoms with Crippen LogP contribution in [0.15, 0.2) is 30.4 Å². The first-order valence-corrected chi connectivity index (χ1v) is 13.4. The van der Waals surface area contributed by atoms with Gasteiger partial charge in [-0.1, -0.05) is 49.6 Å². The summed E-state index contributed by atoms with van der Waals surface area (Å²) in [6.07, 6.45) is 21.0. The van der Waals surface area contributed by atoms with Crippen molar-refractivity contribution in [3.8, 4) is 5.75 Å². The molecule has 0 aromatic heterocycles. The number of hydrogen-bond acceptors (Lipinski definition) is 1. The summed E-state index contributed by atoms with van der Waals surface area (Å²) in [7, 11) is 0. The van der Waals surface area contributed by atoms with E-state index in [0.717, 1.165) is 48.0 Å².